The average Bonchev–Trinajstić information content (AvgIpc) is 3.28. The van der Waals surface area contributed by atoms with E-state index in [1.165, 1.54) is 86.6 Å². The predicted molar refractivity (Wildman–Crippen MR) is 241 cm³/mol. The number of rotatable bonds is 4. The van der Waals surface area contributed by atoms with Gasteiger partial charge in [-0.25, -0.2) is 0 Å². The molecule has 1 aliphatic heterocycles. The summed E-state index contributed by atoms with van der Waals surface area (Å²) < 4.78 is 0. The molecule has 0 unspecified atom stereocenters. The van der Waals surface area contributed by atoms with Crippen molar-refractivity contribution < 1.29 is 0 Å². The highest BCUT2D eigenvalue weighted by Gasteiger charge is 2.48. The zero-order valence-electron chi connectivity index (χ0n) is 31.1. The van der Waals surface area contributed by atoms with E-state index in [1.807, 2.05) is 11.8 Å². The van der Waals surface area contributed by atoms with E-state index >= 15 is 0 Å². The standard InChI is InChI=1S/C55H35NS/c1-2-17-39(18-3-1)54-42-23-7-5-16-37(42)31-34-50(54)56(49-28-14-19-36-15-4-6-22-41(36)49)40-32-33-43-44-24-12-20-38-21-13-27-47(53(38)44)55(48(43)35-40)45-25-8-10-29-51(45)57-52-30-11-9-26-46(52)55/h1-35H. The van der Waals surface area contributed by atoms with Crippen LogP contribution in [0.5, 0.6) is 0 Å². The molecule has 0 amide bonds. The Balaban J connectivity index is 1.24. The van der Waals surface area contributed by atoms with Gasteiger partial charge in [0.25, 0.3) is 0 Å². The lowest BCUT2D eigenvalue weighted by Crippen LogP contribution is -2.36. The molecular formula is C55H35NS. The van der Waals surface area contributed by atoms with Crippen LogP contribution in [-0.2, 0) is 5.41 Å². The number of anilines is 3. The normalized spacial score (nSPS) is 13.3. The zero-order valence-corrected chi connectivity index (χ0v) is 31.9. The van der Waals surface area contributed by atoms with Gasteiger partial charge in [-0.2, -0.15) is 0 Å². The van der Waals surface area contributed by atoms with Gasteiger partial charge in [-0.1, -0.05) is 188 Å². The molecular weight excluding hydrogens is 707 g/mol. The van der Waals surface area contributed by atoms with Gasteiger partial charge in [0.05, 0.1) is 16.8 Å². The second-order valence-electron chi connectivity index (χ2n) is 15.2. The van der Waals surface area contributed by atoms with E-state index < -0.39 is 5.41 Å². The number of nitrogens with zero attached hydrogens (tertiary/aromatic N) is 1. The van der Waals surface area contributed by atoms with E-state index in [9.17, 15) is 0 Å². The third kappa shape index (κ3) is 4.65. The third-order valence-electron chi connectivity index (χ3n) is 12.3. The van der Waals surface area contributed by atoms with Crippen LogP contribution < -0.4 is 4.90 Å². The van der Waals surface area contributed by atoms with Crippen LogP contribution in [0.3, 0.4) is 0 Å². The summed E-state index contributed by atoms with van der Waals surface area (Å²) in [6.07, 6.45) is 0. The molecule has 0 atom stereocenters. The molecule has 1 nitrogen and oxygen atoms in total. The molecule has 1 spiro atoms. The van der Waals surface area contributed by atoms with Gasteiger partial charge in [-0.05, 0) is 102 Å². The van der Waals surface area contributed by atoms with Crippen molar-refractivity contribution in [3.8, 4) is 22.3 Å². The largest absolute Gasteiger partial charge is 0.309 e. The van der Waals surface area contributed by atoms with Crippen LogP contribution in [0.4, 0.5) is 17.1 Å². The van der Waals surface area contributed by atoms with E-state index in [0.717, 1.165) is 17.1 Å². The van der Waals surface area contributed by atoms with Crippen molar-refractivity contribution in [2.45, 2.75) is 15.2 Å². The minimum atomic E-state index is -0.548. The van der Waals surface area contributed by atoms with Crippen LogP contribution in [0, 0.1) is 0 Å². The van der Waals surface area contributed by atoms with Crippen molar-refractivity contribution in [3.05, 3.63) is 235 Å². The molecule has 0 saturated heterocycles. The second kappa shape index (κ2) is 12.6. The maximum Gasteiger partial charge on any atom is 0.0736 e. The van der Waals surface area contributed by atoms with Gasteiger partial charge >= 0.3 is 0 Å². The molecule has 0 aromatic heterocycles. The summed E-state index contributed by atoms with van der Waals surface area (Å²) in [6, 6.07) is 79.1. The van der Waals surface area contributed by atoms with E-state index in [2.05, 4.69) is 217 Å². The first kappa shape index (κ1) is 32.4. The zero-order chi connectivity index (χ0) is 37.5. The highest BCUT2D eigenvalue weighted by atomic mass is 32.2. The minimum Gasteiger partial charge on any atom is -0.309 e. The Bertz CT molecular complexity index is 3180. The van der Waals surface area contributed by atoms with Crippen LogP contribution in [0.25, 0.3) is 54.6 Å². The predicted octanol–water partition coefficient (Wildman–Crippen LogP) is 15.1. The Hall–Kier alpha value is -6.87. The van der Waals surface area contributed by atoms with Crippen LogP contribution in [-0.4, -0.2) is 0 Å². The van der Waals surface area contributed by atoms with Gasteiger partial charge in [0.1, 0.15) is 0 Å². The Morgan fingerprint density at radius 1 is 0.368 bits per heavy atom. The number of hydrogen-bond acceptors (Lipinski definition) is 2. The molecule has 0 bridgehead atoms. The molecule has 57 heavy (non-hydrogen) atoms. The summed E-state index contributed by atoms with van der Waals surface area (Å²) in [7, 11) is 0. The van der Waals surface area contributed by atoms with E-state index in [-0.39, 0.29) is 0 Å². The summed E-state index contributed by atoms with van der Waals surface area (Å²) in [4.78, 5) is 5.13. The molecule has 10 aromatic rings. The van der Waals surface area contributed by atoms with Crippen LogP contribution in [0.1, 0.15) is 22.3 Å². The van der Waals surface area contributed by atoms with Gasteiger partial charge in [-0.3, -0.25) is 0 Å². The minimum absolute atomic E-state index is 0.548. The molecule has 2 aliphatic rings. The lowest BCUT2D eigenvalue weighted by molar-refractivity contribution is 0.707. The molecule has 12 rings (SSSR count). The van der Waals surface area contributed by atoms with Gasteiger partial charge in [0.15, 0.2) is 0 Å². The molecule has 0 radical (unpaired) electrons. The summed E-state index contributed by atoms with van der Waals surface area (Å²) in [5.74, 6) is 0. The Morgan fingerprint density at radius 2 is 0.965 bits per heavy atom. The van der Waals surface area contributed by atoms with Crippen molar-refractivity contribution >= 4 is 61.1 Å². The SMILES string of the molecule is c1ccc(-c2c(N(c3ccc4c(c3)C3(c5ccccc5Sc5ccccc53)c3cccc5cccc-4c35)c3cccc4ccccc34)ccc3ccccc23)cc1. The fourth-order valence-corrected chi connectivity index (χ4v) is 11.2. The second-order valence-corrected chi connectivity index (χ2v) is 16.2. The maximum absolute atomic E-state index is 2.53. The van der Waals surface area contributed by atoms with Crippen molar-refractivity contribution in [3.63, 3.8) is 0 Å². The van der Waals surface area contributed by atoms with Crippen molar-refractivity contribution in [1.29, 1.82) is 0 Å². The van der Waals surface area contributed by atoms with Gasteiger partial charge in [0, 0.05) is 26.4 Å². The smallest absolute Gasteiger partial charge is 0.0736 e. The molecule has 1 aliphatic carbocycles. The Labute approximate surface area is 336 Å². The topological polar surface area (TPSA) is 3.24 Å². The monoisotopic (exact) mass is 741 g/mol. The lowest BCUT2D eigenvalue weighted by Gasteiger charge is -2.46. The molecule has 0 N–H and O–H groups in total. The molecule has 2 heteroatoms. The van der Waals surface area contributed by atoms with Gasteiger partial charge < -0.3 is 4.90 Å². The molecule has 10 aromatic carbocycles. The first-order valence-electron chi connectivity index (χ1n) is 19.7. The fraction of sp³-hybridized carbons (Fsp3) is 0.0182. The lowest BCUT2D eigenvalue weighted by atomic mass is 9.59. The van der Waals surface area contributed by atoms with Crippen molar-refractivity contribution in [2.24, 2.45) is 0 Å². The maximum atomic E-state index is 2.53. The number of hydrogen-bond donors (Lipinski definition) is 0. The Kier molecular flexibility index (Phi) is 7.14. The fourth-order valence-electron chi connectivity index (χ4n) is 9.98. The van der Waals surface area contributed by atoms with Crippen LogP contribution in [0.15, 0.2) is 222 Å². The Morgan fingerprint density at radius 3 is 1.75 bits per heavy atom. The number of benzene rings is 10. The van der Waals surface area contributed by atoms with Gasteiger partial charge in [0.2, 0.25) is 0 Å². The molecule has 0 saturated carbocycles. The molecule has 1 heterocycles. The summed E-state index contributed by atoms with van der Waals surface area (Å²) in [6.45, 7) is 0. The van der Waals surface area contributed by atoms with Crippen molar-refractivity contribution in [2.75, 3.05) is 4.90 Å². The molecule has 266 valence electrons. The van der Waals surface area contributed by atoms with Crippen LogP contribution in [0.2, 0.25) is 0 Å². The third-order valence-corrected chi connectivity index (χ3v) is 13.4. The summed E-state index contributed by atoms with van der Waals surface area (Å²) in [5, 5.41) is 7.48. The first-order valence-corrected chi connectivity index (χ1v) is 20.5. The van der Waals surface area contributed by atoms with Gasteiger partial charge in [-0.15, -0.1) is 0 Å². The van der Waals surface area contributed by atoms with Crippen molar-refractivity contribution in [1.82, 2.24) is 0 Å². The quantitative estimate of drug-likeness (QED) is 0.177. The van der Waals surface area contributed by atoms with E-state index in [4.69, 9.17) is 0 Å². The van der Waals surface area contributed by atoms with Crippen LogP contribution >= 0.6 is 11.8 Å². The first-order chi connectivity index (χ1) is 28.3. The van der Waals surface area contributed by atoms with E-state index in [0.29, 0.717) is 0 Å². The average molecular weight is 742 g/mol. The number of fused-ring (bicyclic) bond motifs is 10. The summed E-state index contributed by atoms with van der Waals surface area (Å²) in [5.41, 5.74) is 13.1. The summed E-state index contributed by atoms with van der Waals surface area (Å²) >= 11 is 1.89. The highest BCUT2D eigenvalue weighted by molar-refractivity contribution is 7.99. The molecule has 0 fully saturated rings. The van der Waals surface area contributed by atoms with E-state index in [1.54, 1.807) is 0 Å². The highest BCUT2D eigenvalue weighted by Crippen LogP contribution is 2.62.